The maximum absolute atomic E-state index is 13.1. The van der Waals surface area contributed by atoms with Crippen LogP contribution in [-0.4, -0.2) is 53.2 Å². The van der Waals surface area contributed by atoms with E-state index in [0.29, 0.717) is 19.6 Å². The van der Waals surface area contributed by atoms with Gasteiger partial charge < -0.3 is 19.5 Å². The molecule has 7 nitrogen and oxygen atoms in total. The molecule has 2 heterocycles. The van der Waals surface area contributed by atoms with E-state index in [1.807, 2.05) is 13.1 Å². The van der Waals surface area contributed by atoms with E-state index in [1.165, 1.54) is 19.2 Å². The van der Waals surface area contributed by atoms with Crippen LogP contribution in [0, 0.1) is 12.7 Å². The van der Waals surface area contributed by atoms with Gasteiger partial charge in [-0.2, -0.15) is 0 Å². The predicted molar refractivity (Wildman–Crippen MR) is 96.8 cm³/mol. The van der Waals surface area contributed by atoms with Gasteiger partial charge >= 0.3 is 12.0 Å². The van der Waals surface area contributed by atoms with Crippen LogP contribution in [0.25, 0.3) is 0 Å². The number of aromatic nitrogens is 2. The smallest absolute Gasteiger partial charge is 0.325 e. The number of rotatable bonds is 5. The number of esters is 1. The van der Waals surface area contributed by atoms with Gasteiger partial charge in [0.05, 0.1) is 7.11 Å². The molecule has 144 valence electrons. The van der Waals surface area contributed by atoms with Crippen LogP contribution in [-0.2, 0) is 16.1 Å². The van der Waals surface area contributed by atoms with Crippen molar-refractivity contribution in [2.45, 2.75) is 25.8 Å². The topological polar surface area (TPSA) is 76.5 Å². The van der Waals surface area contributed by atoms with Crippen LogP contribution in [0.5, 0.6) is 0 Å². The largest absolute Gasteiger partial charge is 0.468 e. The molecule has 1 unspecified atom stereocenters. The number of benzene rings is 1. The lowest BCUT2D eigenvalue weighted by Crippen LogP contribution is -2.41. The summed E-state index contributed by atoms with van der Waals surface area (Å²) in [6, 6.07) is 6.14. The fourth-order valence-corrected chi connectivity index (χ4v) is 3.27. The first kappa shape index (κ1) is 18.9. The molecule has 0 spiro atoms. The minimum Gasteiger partial charge on any atom is -0.468 e. The van der Waals surface area contributed by atoms with Crippen molar-refractivity contribution in [3.63, 3.8) is 0 Å². The van der Waals surface area contributed by atoms with E-state index in [0.717, 1.165) is 23.5 Å². The van der Waals surface area contributed by atoms with Gasteiger partial charge in [0.15, 0.2) is 0 Å². The van der Waals surface area contributed by atoms with Crippen LogP contribution in [0.2, 0.25) is 0 Å². The summed E-state index contributed by atoms with van der Waals surface area (Å²) in [6.07, 6.45) is 2.62. The van der Waals surface area contributed by atoms with Gasteiger partial charge in [-0.3, -0.25) is 4.79 Å². The van der Waals surface area contributed by atoms with Crippen LogP contribution < -0.4 is 5.32 Å². The summed E-state index contributed by atoms with van der Waals surface area (Å²) in [4.78, 5) is 29.6. The van der Waals surface area contributed by atoms with Crippen LogP contribution >= 0.6 is 0 Å². The Labute approximate surface area is 157 Å². The number of imidazole rings is 1. The average Bonchev–Trinajstić information content (AvgIpc) is 3.29. The number of nitrogens with zero attached hydrogens (tertiary/aromatic N) is 3. The van der Waals surface area contributed by atoms with Gasteiger partial charge in [-0.15, -0.1) is 0 Å². The maximum atomic E-state index is 13.1. The Morgan fingerprint density at radius 1 is 1.33 bits per heavy atom. The Morgan fingerprint density at radius 3 is 2.78 bits per heavy atom. The number of halogens is 1. The lowest BCUT2D eigenvalue weighted by atomic mass is 10.1. The average molecular weight is 374 g/mol. The number of likely N-dealkylation sites (tertiary alicyclic amines) is 1. The van der Waals surface area contributed by atoms with E-state index in [4.69, 9.17) is 0 Å². The third-order valence-corrected chi connectivity index (χ3v) is 4.79. The summed E-state index contributed by atoms with van der Waals surface area (Å²) in [5, 5.41) is 2.56. The van der Waals surface area contributed by atoms with Gasteiger partial charge in [0.25, 0.3) is 0 Å². The number of amides is 2. The molecule has 0 radical (unpaired) electrons. The molecule has 1 saturated heterocycles. The first-order valence-electron chi connectivity index (χ1n) is 8.84. The Kier molecular flexibility index (Phi) is 5.73. The molecular weight excluding hydrogens is 351 g/mol. The molecule has 0 aliphatic carbocycles. The van der Waals surface area contributed by atoms with Gasteiger partial charge in [-0.05, 0) is 31.0 Å². The highest BCUT2D eigenvalue weighted by Crippen LogP contribution is 2.27. The Hall–Kier alpha value is -2.90. The first-order valence-corrected chi connectivity index (χ1v) is 8.84. The zero-order chi connectivity index (χ0) is 19.4. The van der Waals surface area contributed by atoms with Crippen molar-refractivity contribution >= 4 is 12.0 Å². The van der Waals surface area contributed by atoms with Gasteiger partial charge in [-0.25, -0.2) is 14.2 Å². The standard InChI is InChI=1S/C19H23FN4O3/c1-13-9-21-18(24(13)11-14-3-5-16(20)6-4-14)15-7-8-23(12-15)19(26)22-10-17(25)27-2/h3-6,9,15H,7-8,10-12H2,1-2H3,(H,22,26). The van der Waals surface area contributed by atoms with Crippen LogP contribution in [0.4, 0.5) is 9.18 Å². The van der Waals surface area contributed by atoms with Gasteiger partial charge in [-0.1, -0.05) is 12.1 Å². The molecule has 1 N–H and O–H groups in total. The number of methoxy groups -OCH3 is 1. The number of ether oxygens (including phenoxy) is 1. The molecule has 1 fully saturated rings. The van der Waals surface area contributed by atoms with E-state index in [9.17, 15) is 14.0 Å². The van der Waals surface area contributed by atoms with E-state index >= 15 is 0 Å². The van der Waals surface area contributed by atoms with Crippen LogP contribution in [0.15, 0.2) is 30.5 Å². The number of urea groups is 1. The molecule has 1 aromatic heterocycles. The summed E-state index contributed by atoms with van der Waals surface area (Å²) in [7, 11) is 1.28. The normalized spacial score (nSPS) is 16.4. The van der Waals surface area contributed by atoms with Crippen LogP contribution in [0.1, 0.15) is 29.4 Å². The Bertz CT molecular complexity index is 819. The van der Waals surface area contributed by atoms with Gasteiger partial charge in [0.1, 0.15) is 18.2 Å². The quantitative estimate of drug-likeness (QED) is 0.813. The van der Waals surface area contributed by atoms with Gasteiger partial charge in [0.2, 0.25) is 0 Å². The summed E-state index contributed by atoms with van der Waals surface area (Å²) >= 11 is 0. The third-order valence-electron chi connectivity index (χ3n) is 4.79. The zero-order valence-corrected chi connectivity index (χ0v) is 15.4. The summed E-state index contributed by atoms with van der Waals surface area (Å²) in [5.41, 5.74) is 2.01. The van der Waals surface area contributed by atoms with E-state index in [-0.39, 0.29) is 24.3 Å². The van der Waals surface area contributed by atoms with Crippen molar-refractivity contribution in [1.82, 2.24) is 19.8 Å². The molecule has 3 rings (SSSR count). The van der Waals surface area contributed by atoms with Crippen molar-refractivity contribution in [2.75, 3.05) is 26.7 Å². The Balaban J connectivity index is 1.66. The number of aryl methyl sites for hydroxylation is 1. The van der Waals surface area contributed by atoms with Crippen molar-refractivity contribution in [2.24, 2.45) is 0 Å². The predicted octanol–water partition coefficient (Wildman–Crippen LogP) is 2.05. The molecule has 2 amide bonds. The molecule has 1 aliphatic rings. The van der Waals surface area contributed by atoms with Gasteiger partial charge in [0, 0.05) is 37.4 Å². The number of hydrogen-bond donors (Lipinski definition) is 1. The molecule has 27 heavy (non-hydrogen) atoms. The highest BCUT2D eigenvalue weighted by molar-refractivity contribution is 5.81. The monoisotopic (exact) mass is 374 g/mol. The van der Waals surface area contributed by atoms with Crippen molar-refractivity contribution < 1.29 is 18.7 Å². The molecule has 0 saturated carbocycles. The molecular formula is C19H23FN4O3. The highest BCUT2D eigenvalue weighted by Gasteiger charge is 2.30. The molecule has 1 aromatic carbocycles. The molecule has 2 aromatic rings. The number of carbonyl (C=O) groups excluding carboxylic acids is 2. The number of hydrogen-bond acceptors (Lipinski definition) is 4. The number of nitrogens with one attached hydrogen (secondary N) is 1. The summed E-state index contributed by atoms with van der Waals surface area (Å²) in [5.74, 6) is 0.290. The zero-order valence-electron chi connectivity index (χ0n) is 15.4. The summed E-state index contributed by atoms with van der Waals surface area (Å²) in [6.45, 7) is 3.57. The third kappa shape index (κ3) is 4.45. The fraction of sp³-hybridized carbons (Fsp3) is 0.421. The second kappa shape index (κ2) is 8.20. The van der Waals surface area contributed by atoms with Crippen molar-refractivity contribution in [1.29, 1.82) is 0 Å². The summed E-state index contributed by atoms with van der Waals surface area (Å²) < 4.78 is 19.8. The highest BCUT2D eigenvalue weighted by atomic mass is 19.1. The molecule has 1 atom stereocenters. The minimum atomic E-state index is -0.482. The SMILES string of the molecule is COC(=O)CNC(=O)N1CCC(c2ncc(C)n2Cc2ccc(F)cc2)C1. The lowest BCUT2D eigenvalue weighted by Gasteiger charge is -2.18. The second-order valence-corrected chi connectivity index (χ2v) is 6.64. The molecule has 1 aliphatic heterocycles. The molecule has 8 heteroatoms. The van der Waals surface area contributed by atoms with E-state index < -0.39 is 5.97 Å². The maximum Gasteiger partial charge on any atom is 0.325 e. The molecule has 0 bridgehead atoms. The minimum absolute atomic E-state index is 0.114. The van der Waals surface area contributed by atoms with E-state index in [1.54, 1.807) is 17.0 Å². The fourth-order valence-electron chi connectivity index (χ4n) is 3.27. The van der Waals surface area contributed by atoms with E-state index in [2.05, 4.69) is 19.6 Å². The van der Waals surface area contributed by atoms with Crippen molar-refractivity contribution in [3.05, 3.63) is 53.4 Å². The first-order chi connectivity index (χ1) is 13.0. The second-order valence-electron chi connectivity index (χ2n) is 6.64. The lowest BCUT2D eigenvalue weighted by molar-refractivity contribution is -0.139. The number of carbonyl (C=O) groups is 2. The van der Waals surface area contributed by atoms with Crippen molar-refractivity contribution in [3.8, 4) is 0 Å². The Morgan fingerprint density at radius 2 is 2.07 bits per heavy atom. The van der Waals surface area contributed by atoms with Crippen LogP contribution in [0.3, 0.4) is 0 Å².